The maximum absolute atomic E-state index is 13.0. The predicted octanol–water partition coefficient (Wildman–Crippen LogP) is 4.41. The molecule has 2 aromatic heterocycles. The van der Waals surface area contributed by atoms with Crippen LogP contribution in [0.2, 0.25) is 0 Å². The Morgan fingerprint density at radius 1 is 1.32 bits per heavy atom. The van der Waals surface area contributed by atoms with Crippen molar-refractivity contribution in [3.8, 4) is 0 Å². The number of likely N-dealkylation sites (N-methyl/N-ethyl adjacent to an activating group) is 1. The molecule has 0 unspecified atom stereocenters. The molecule has 1 aliphatic heterocycles. The van der Waals surface area contributed by atoms with Crippen molar-refractivity contribution in [1.29, 1.82) is 0 Å². The SMILES string of the molecule is CCOC(=O)c1c(NC(=O)CSC2=N/C(=C/c3cnn(C)c3C)C(=O)N2CC)sc2c1CC[C@H](CC)C2. The number of nitrogens with zero attached hydrogens (tertiary/aromatic N) is 4. The van der Waals surface area contributed by atoms with Crippen molar-refractivity contribution in [2.45, 2.75) is 53.4 Å². The molecule has 2 amide bonds. The molecule has 0 aromatic carbocycles. The van der Waals surface area contributed by atoms with Crippen LogP contribution >= 0.6 is 23.1 Å². The molecule has 1 atom stereocenters. The molecule has 1 aliphatic carbocycles. The smallest absolute Gasteiger partial charge is 0.341 e. The van der Waals surface area contributed by atoms with E-state index in [1.54, 1.807) is 28.8 Å². The van der Waals surface area contributed by atoms with Gasteiger partial charge < -0.3 is 10.1 Å². The van der Waals surface area contributed by atoms with Crippen molar-refractivity contribution in [3.63, 3.8) is 0 Å². The van der Waals surface area contributed by atoms with E-state index in [9.17, 15) is 14.4 Å². The van der Waals surface area contributed by atoms with E-state index in [0.29, 0.717) is 33.9 Å². The first-order valence-electron chi connectivity index (χ1n) is 12.6. The summed E-state index contributed by atoms with van der Waals surface area (Å²) >= 11 is 2.68. The van der Waals surface area contributed by atoms with Crippen LogP contribution in [0.1, 0.15) is 65.7 Å². The molecule has 0 fully saturated rings. The van der Waals surface area contributed by atoms with Gasteiger partial charge in [0.05, 0.1) is 24.1 Å². The summed E-state index contributed by atoms with van der Waals surface area (Å²) in [5, 5.41) is 8.19. The fraction of sp³-hybridized carbons (Fsp3) is 0.500. The lowest BCUT2D eigenvalue weighted by atomic mass is 9.85. The first-order chi connectivity index (χ1) is 17.8. The van der Waals surface area contributed by atoms with E-state index in [4.69, 9.17) is 4.74 Å². The summed E-state index contributed by atoms with van der Waals surface area (Å²) in [6, 6.07) is 0. The molecule has 0 saturated heterocycles. The van der Waals surface area contributed by atoms with Crippen LogP contribution in [-0.4, -0.2) is 56.5 Å². The third-order valence-electron chi connectivity index (χ3n) is 6.80. The van der Waals surface area contributed by atoms with E-state index in [1.807, 2.05) is 20.9 Å². The summed E-state index contributed by atoms with van der Waals surface area (Å²) in [4.78, 5) is 45.9. The minimum absolute atomic E-state index is 0.0598. The number of ether oxygens (including phenoxy) is 1. The Hall–Kier alpha value is -2.92. The molecule has 2 aromatic rings. The van der Waals surface area contributed by atoms with Gasteiger partial charge in [-0.15, -0.1) is 11.3 Å². The number of hydrogen-bond acceptors (Lipinski definition) is 8. The second-order valence-corrected chi connectivity index (χ2v) is 11.1. The number of thioether (sulfide) groups is 1. The fourth-order valence-corrected chi connectivity index (χ4v) is 6.76. The average molecular weight is 544 g/mol. The summed E-state index contributed by atoms with van der Waals surface area (Å²) in [5.74, 6) is -0.190. The van der Waals surface area contributed by atoms with Crippen LogP contribution in [0, 0.1) is 12.8 Å². The number of hydrogen-bond donors (Lipinski definition) is 1. The van der Waals surface area contributed by atoms with Gasteiger partial charge in [0, 0.05) is 29.7 Å². The van der Waals surface area contributed by atoms with Gasteiger partial charge in [-0.25, -0.2) is 9.79 Å². The van der Waals surface area contributed by atoms with Crippen molar-refractivity contribution < 1.29 is 19.1 Å². The predicted molar refractivity (Wildman–Crippen MR) is 148 cm³/mol. The minimum Gasteiger partial charge on any atom is -0.462 e. The number of carbonyl (C=O) groups excluding carboxylic acids is 3. The Kier molecular flexibility index (Phi) is 8.53. The highest BCUT2D eigenvalue weighted by atomic mass is 32.2. The first-order valence-corrected chi connectivity index (χ1v) is 14.4. The normalized spacial score (nSPS) is 18.2. The largest absolute Gasteiger partial charge is 0.462 e. The third-order valence-corrected chi connectivity index (χ3v) is 8.95. The number of amides is 2. The van der Waals surface area contributed by atoms with Crippen molar-refractivity contribution in [2.75, 3.05) is 24.2 Å². The Bertz CT molecular complexity index is 1280. The highest BCUT2D eigenvalue weighted by molar-refractivity contribution is 8.14. The quantitative estimate of drug-likeness (QED) is 0.391. The standard InChI is InChI=1S/C26H33N5O4S2/c1-6-16-9-10-18-20(11-16)37-23(22(18)25(34)35-8-3)29-21(32)14-36-26-28-19(24(33)31(26)7-2)12-17-13-27-30(5)15(17)4/h12-13,16H,6-11,14H2,1-5H3,(H,29,32)/b19-12+/t16-/m0/s1. The number of aryl methyl sites for hydroxylation is 1. The van der Waals surface area contributed by atoms with Gasteiger partial charge in [0.15, 0.2) is 5.17 Å². The molecule has 0 bridgehead atoms. The number of fused-ring (bicyclic) bond motifs is 1. The minimum atomic E-state index is -0.388. The molecular weight excluding hydrogens is 510 g/mol. The molecule has 9 nitrogen and oxygen atoms in total. The van der Waals surface area contributed by atoms with Gasteiger partial charge in [0.1, 0.15) is 10.7 Å². The van der Waals surface area contributed by atoms with E-state index < -0.39 is 0 Å². The van der Waals surface area contributed by atoms with Crippen LogP contribution in [0.3, 0.4) is 0 Å². The Balaban J connectivity index is 1.49. The zero-order chi connectivity index (χ0) is 26.7. The number of aliphatic imine (C=N–C) groups is 1. The van der Waals surface area contributed by atoms with E-state index in [0.717, 1.165) is 47.4 Å². The summed E-state index contributed by atoms with van der Waals surface area (Å²) in [6.07, 6.45) is 7.29. The lowest BCUT2D eigenvalue weighted by molar-refractivity contribution is -0.122. The first kappa shape index (κ1) is 27.1. The van der Waals surface area contributed by atoms with E-state index in [2.05, 4.69) is 22.3 Å². The average Bonchev–Trinajstić information content (AvgIpc) is 3.50. The van der Waals surface area contributed by atoms with Crippen LogP contribution in [0.25, 0.3) is 6.08 Å². The third kappa shape index (κ3) is 5.67. The van der Waals surface area contributed by atoms with E-state index in [-0.39, 0.29) is 30.1 Å². The molecule has 0 spiro atoms. The van der Waals surface area contributed by atoms with Crippen LogP contribution < -0.4 is 5.32 Å². The number of aromatic nitrogens is 2. The molecule has 0 radical (unpaired) electrons. The summed E-state index contributed by atoms with van der Waals surface area (Å²) in [7, 11) is 1.84. The van der Waals surface area contributed by atoms with Gasteiger partial charge in [-0.2, -0.15) is 5.10 Å². The maximum atomic E-state index is 13.0. The molecule has 1 N–H and O–H groups in total. The molecule has 4 rings (SSSR count). The van der Waals surface area contributed by atoms with Gasteiger partial charge in [0.25, 0.3) is 5.91 Å². The van der Waals surface area contributed by atoms with Crippen molar-refractivity contribution in [3.05, 3.63) is 39.2 Å². The van der Waals surface area contributed by atoms with E-state index in [1.165, 1.54) is 23.1 Å². The van der Waals surface area contributed by atoms with Gasteiger partial charge in [-0.1, -0.05) is 25.1 Å². The van der Waals surface area contributed by atoms with Crippen LogP contribution in [0.4, 0.5) is 5.00 Å². The fourth-order valence-electron chi connectivity index (χ4n) is 4.53. The second-order valence-electron chi connectivity index (χ2n) is 9.06. The van der Waals surface area contributed by atoms with Gasteiger partial charge in [-0.3, -0.25) is 19.2 Å². The Labute approximate surface area is 225 Å². The number of rotatable bonds is 8. The Morgan fingerprint density at radius 2 is 2.11 bits per heavy atom. The molecule has 198 valence electrons. The topological polar surface area (TPSA) is 106 Å². The van der Waals surface area contributed by atoms with Gasteiger partial charge >= 0.3 is 5.97 Å². The number of nitrogens with one attached hydrogen (secondary N) is 1. The van der Waals surface area contributed by atoms with Gasteiger partial charge in [-0.05, 0) is 57.6 Å². The summed E-state index contributed by atoms with van der Waals surface area (Å²) in [6.45, 7) is 8.48. The molecule has 37 heavy (non-hydrogen) atoms. The second kappa shape index (κ2) is 11.6. The van der Waals surface area contributed by atoms with Crippen molar-refractivity contribution >= 4 is 57.1 Å². The molecule has 0 saturated carbocycles. The van der Waals surface area contributed by atoms with Gasteiger partial charge in [0.2, 0.25) is 5.91 Å². The number of amidine groups is 1. The van der Waals surface area contributed by atoms with E-state index >= 15 is 0 Å². The summed E-state index contributed by atoms with van der Waals surface area (Å²) in [5.41, 5.74) is 3.59. The van der Waals surface area contributed by atoms with Crippen LogP contribution in [0.15, 0.2) is 16.9 Å². The number of thiophene rings is 1. The van der Waals surface area contributed by atoms with Crippen molar-refractivity contribution in [1.82, 2.24) is 14.7 Å². The lowest BCUT2D eigenvalue weighted by Crippen LogP contribution is -2.31. The highest BCUT2D eigenvalue weighted by Crippen LogP contribution is 2.41. The molecule has 11 heteroatoms. The molecular formula is C26H33N5O4S2. The van der Waals surface area contributed by atoms with Crippen LogP contribution in [-0.2, 0) is 34.2 Å². The lowest BCUT2D eigenvalue weighted by Gasteiger charge is -2.20. The maximum Gasteiger partial charge on any atom is 0.341 e. The van der Waals surface area contributed by atoms with Crippen LogP contribution in [0.5, 0.6) is 0 Å². The Morgan fingerprint density at radius 3 is 2.76 bits per heavy atom. The summed E-state index contributed by atoms with van der Waals surface area (Å²) < 4.78 is 7.05. The number of esters is 1. The zero-order valence-corrected chi connectivity index (χ0v) is 23.6. The van der Waals surface area contributed by atoms with Crippen molar-refractivity contribution in [2.24, 2.45) is 18.0 Å². The highest BCUT2D eigenvalue weighted by Gasteiger charge is 2.32. The zero-order valence-electron chi connectivity index (χ0n) is 21.9. The molecule has 3 heterocycles. The number of anilines is 1. The monoisotopic (exact) mass is 543 g/mol. The number of carbonyl (C=O) groups is 3. The molecule has 2 aliphatic rings.